The monoisotopic (exact) mass is 249 g/mol. The van der Waals surface area contributed by atoms with E-state index in [-0.39, 0.29) is 6.61 Å². The highest BCUT2D eigenvalue weighted by atomic mass is 35.5. The van der Waals surface area contributed by atoms with Crippen molar-refractivity contribution in [3.05, 3.63) is 35.4 Å². The first kappa shape index (κ1) is 13.0. The molecule has 0 fully saturated rings. The number of halogens is 4. The lowest BCUT2D eigenvalue weighted by atomic mass is 9.79. The molecule has 0 atom stereocenters. The van der Waals surface area contributed by atoms with Crippen molar-refractivity contribution in [1.29, 1.82) is 0 Å². The van der Waals surface area contributed by atoms with Crippen LogP contribution in [-0.4, -0.2) is 13.6 Å². The second kappa shape index (κ2) is 5.30. The maximum absolute atomic E-state index is 12.4. The summed E-state index contributed by atoms with van der Waals surface area (Å²) in [5.74, 6) is 0.429. The van der Waals surface area contributed by atoms with Gasteiger partial charge in [0.1, 0.15) is 12.4 Å². The molecule has 0 N–H and O–H groups in total. The lowest BCUT2D eigenvalue weighted by Crippen LogP contribution is -2.34. The van der Waals surface area contributed by atoms with Gasteiger partial charge < -0.3 is 17.7 Å². The van der Waals surface area contributed by atoms with Crippen molar-refractivity contribution in [2.45, 2.75) is 6.92 Å². The fourth-order valence-electron chi connectivity index (χ4n) is 1.21. The second-order valence-electron chi connectivity index (χ2n) is 3.27. The van der Waals surface area contributed by atoms with Gasteiger partial charge in [0.15, 0.2) is 0 Å². The highest BCUT2D eigenvalue weighted by Crippen LogP contribution is 2.18. The van der Waals surface area contributed by atoms with Gasteiger partial charge in [0.25, 0.3) is 0 Å². The minimum atomic E-state index is -4.95. The minimum Gasteiger partial charge on any atom is -0.489 e. The standard InChI is InChI=1S/C10H10BClF3O/c1-8-7-9(11(13,14)15)3-4-10(8)16-6-2-5-12/h2-5,7H,6H2,1H3/q-1/b5-2+. The van der Waals surface area contributed by atoms with Gasteiger partial charge in [0, 0.05) is 5.54 Å². The Bertz CT molecular complexity index is 390. The first-order chi connectivity index (χ1) is 7.45. The number of ether oxygens (including phenoxy) is 1. The highest BCUT2D eigenvalue weighted by Gasteiger charge is 2.25. The zero-order valence-electron chi connectivity index (χ0n) is 8.59. The van der Waals surface area contributed by atoms with Gasteiger partial charge in [-0.25, -0.2) is 0 Å². The summed E-state index contributed by atoms with van der Waals surface area (Å²) in [6.07, 6.45) is 1.56. The van der Waals surface area contributed by atoms with Gasteiger partial charge in [0.2, 0.25) is 0 Å². The van der Waals surface area contributed by atoms with Crippen LogP contribution in [-0.2, 0) is 0 Å². The van der Waals surface area contributed by atoms with Crippen LogP contribution >= 0.6 is 11.6 Å². The van der Waals surface area contributed by atoms with Crippen LogP contribution in [0.4, 0.5) is 12.9 Å². The molecule has 1 nitrogen and oxygen atoms in total. The molecule has 0 amide bonds. The maximum Gasteiger partial charge on any atom is 0.509 e. The van der Waals surface area contributed by atoms with E-state index in [0.717, 1.165) is 12.1 Å². The quantitative estimate of drug-likeness (QED) is 0.745. The minimum absolute atomic E-state index is 0.237. The first-order valence-corrected chi connectivity index (χ1v) is 5.07. The molecular formula is C10H10BClF3O-. The van der Waals surface area contributed by atoms with Crippen molar-refractivity contribution in [3.63, 3.8) is 0 Å². The lowest BCUT2D eigenvalue weighted by Gasteiger charge is -2.16. The Labute approximate surface area is 96.9 Å². The molecule has 0 spiro atoms. The Morgan fingerprint density at radius 1 is 1.38 bits per heavy atom. The second-order valence-corrected chi connectivity index (χ2v) is 3.52. The smallest absolute Gasteiger partial charge is 0.489 e. The lowest BCUT2D eigenvalue weighted by molar-refractivity contribution is 0.360. The molecule has 0 saturated heterocycles. The third-order valence-corrected chi connectivity index (χ3v) is 2.18. The molecule has 0 saturated carbocycles. The maximum atomic E-state index is 12.4. The van der Waals surface area contributed by atoms with Crippen LogP contribution in [0.1, 0.15) is 5.56 Å². The molecular weight excluding hydrogens is 239 g/mol. The van der Waals surface area contributed by atoms with E-state index in [1.54, 1.807) is 13.0 Å². The van der Waals surface area contributed by atoms with E-state index in [1.165, 1.54) is 11.6 Å². The van der Waals surface area contributed by atoms with Crippen molar-refractivity contribution in [2.24, 2.45) is 0 Å². The Balaban J connectivity index is 2.83. The van der Waals surface area contributed by atoms with Gasteiger partial charge >= 0.3 is 6.98 Å². The SMILES string of the molecule is Cc1cc([B-](F)(F)F)ccc1OC/C=C/Cl. The van der Waals surface area contributed by atoms with E-state index in [1.807, 2.05) is 0 Å². The molecule has 0 heterocycles. The summed E-state index contributed by atoms with van der Waals surface area (Å²) in [4.78, 5) is 0. The predicted octanol–water partition coefficient (Wildman–Crippen LogP) is 3.18. The van der Waals surface area contributed by atoms with E-state index < -0.39 is 12.4 Å². The van der Waals surface area contributed by atoms with Crippen molar-refractivity contribution in [3.8, 4) is 5.75 Å². The summed E-state index contributed by atoms with van der Waals surface area (Å²) in [6, 6.07) is 3.43. The van der Waals surface area contributed by atoms with Crippen molar-refractivity contribution in [1.82, 2.24) is 0 Å². The van der Waals surface area contributed by atoms with E-state index in [9.17, 15) is 12.9 Å². The Morgan fingerprint density at radius 2 is 2.06 bits per heavy atom. The largest absolute Gasteiger partial charge is 0.509 e. The topological polar surface area (TPSA) is 9.23 Å². The van der Waals surface area contributed by atoms with Gasteiger partial charge in [-0.3, -0.25) is 0 Å². The van der Waals surface area contributed by atoms with Crippen molar-refractivity contribution < 1.29 is 17.7 Å². The third kappa shape index (κ3) is 3.49. The van der Waals surface area contributed by atoms with Crippen LogP contribution in [0.3, 0.4) is 0 Å². The van der Waals surface area contributed by atoms with Gasteiger partial charge in [-0.2, -0.15) is 0 Å². The van der Waals surface area contributed by atoms with E-state index >= 15 is 0 Å². The first-order valence-electron chi connectivity index (χ1n) is 4.63. The molecule has 0 aliphatic heterocycles. The molecule has 1 aromatic rings. The molecule has 0 radical (unpaired) electrons. The zero-order chi connectivity index (χ0) is 12.2. The summed E-state index contributed by atoms with van der Waals surface area (Å²) in [7, 11) is 0. The highest BCUT2D eigenvalue weighted by molar-refractivity contribution is 6.73. The third-order valence-electron chi connectivity index (χ3n) is 2.00. The number of benzene rings is 1. The van der Waals surface area contributed by atoms with Gasteiger partial charge in [-0.1, -0.05) is 23.7 Å². The predicted molar refractivity (Wildman–Crippen MR) is 60.4 cm³/mol. The molecule has 16 heavy (non-hydrogen) atoms. The number of rotatable bonds is 4. The molecule has 0 aromatic heterocycles. The molecule has 0 aliphatic carbocycles. The van der Waals surface area contributed by atoms with E-state index in [0.29, 0.717) is 11.3 Å². The van der Waals surface area contributed by atoms with Gasteiger partial charge in [-0.05, 0) is 24.6 Å². The molecule has 0 bridgehead atoms. The summed E-state index contributed by atoms with van der Waals surface area (Å²) < 4.78 is 42.4. The fourth-order valence-corrected chi connectivity index (χ4v) is 1.29. The van der Waals surface area contributed by atoms with Crippen molar-refractivity contribution in [2.75, 3.05) is 6.61 Å². The van der Waals surface area contributed by atoms with E-state index in [2.05, 4.69) is 0 Å². The molecule has 1 rings (SSSR count). The van der Waals surface area contributed by atoms with Crippen LogP contribution in [0.15, 0.2) is 29.8 Å². The number of aryl methyl sites for hydroxylation is 1. The van der Waals surface area contributed by atoms with Gasteiger partial charge in [-0.15, -0.1) is 5.46 Å². The summed E-state index contributed by atoms with van der Waals surface area (Å²) in [5, 5.41) is 0. The Morgan fingerprint density at radius 3 is 2.56 bits per heavy atom. The number of hydrogen-bond donors (Lipinski definition) is 0. The molecule has 88 valence electrons. The fraction of sp³-hybridized carbons (Fsp3) is 0.200. The molecule has 0 aliphatic rings. The van der Waals surface area contributed by atoms with Crippen LogP contribution in [0, 0.1) is 6.92 Å². The van der Waals surface area contributed by atoms with Crippen LogP contribution in [0.25, 0.3) is 0 Å². The zero-order valence-corrected chi connectivity index (χ0v) is 9.35. The van der Waals surface area contributed by atoms with Crippen LogP contribution < -0.4 is 10.2 Å². The Hall–Kier alpha value is -1.10. The Kier molecular flexibility index (Phi) is 4.30. The summed E-state index contributed by atoms with van der Waals surface area (Å²) >= 11 is 5.29. The molecule has 0 unspecified atom stereocenters. The molecule has 1 aromatic carbocycles. The van der Waals surface area contributed by atoms with Crippen LogP contribution in [0.2, 0.25) is 0 Å². The van der Waals surface area contributed by atoms with E-state index in [4.69, 9.17) is 16.3 Å². The normalized spacial score (nSPS) is 12.1. The summed E-state index contributed by atoms with van der Waals surface area (Å²) in [5.41, 5.74) is 1.14. The average molecular weight is 249 g/mol. The van der Waals surface area contributed by atoms with Crippen molar-refractivity contribution >= 4 is 24.0 Å². The molecule has 6 heteroatoms. The number of hydrogen-bond acceptors (Lipinski definition) is 1. The van der Waals surface area contributed by atoms with Gasteiger partial charge in [0.05, 0.1) is 0 Å². The van der Waals surface area contributed by atoms with Crippen LogP contribution in [0.5, 0.6) is 5.75 Å². The summed E-state index contributed by atoms with van der Waals surface area (Å²) in [6.45, 7) is -3.14. The average Bonchev–Trinajstić information content (AvgIpc) is 2.19.